The second kappa shape index (κ2) is 5.59. The lowest BCUT2D eigenvalue weighted by molar-refractivity contribution is 0.0941. The monoisotopic (exact) mass is 300 g/mol. The summed E-state index contributed by atoms with van der Waals surface area (Å²) in [5.74, 6) is -0.285. The smallest absolute Gasteiger partial charge is 0.268 e. The third-order valence-corrected chi connectivity index (χ3v) is 4.55. The second-order valence-corrected chi connectivity index (χ2v) is 6.11. The van der Waals surface area contributed by atoms with Crippen LogP contribution < -0.4 is 5.32 Å². The van der Waals surface area contributed by atoms with Crippen molar-refractivity contribution in [2.75, 3.05) is 0 Å². The minimum absolute atomic E-state index is 0.0486. The highest BCUT2D eigenvalue weighted by molar-refractivity contribution is 5.95. The van der Waals surface area contributed by atoms with Crippen LogP contribution in [0.5, 0.6) is 0 Å². The zero-order valence-corrected chi connectivity index (χ0v) is 13.2. The molecule has 3 rings (SSSR count). The number of rotatable bonds is 4. The number of hydrogen-bond acceptors (Lipinski definition) is 1. The molecule has 1 N–H and O–H groups in total. The molecule has 0 bridgehead atoms. The van der Waals surface area contributed by atoms with Gasteiger partial charge >= 0.3 is 0 Å². The van der Waals surface area contributed by atoms with Gasteiger partial charge in [0.15, 0.2) is 0 Å². The van der Waals surface area contributed by atoms with Crippen molar-refractivity contribution < 1.29 is 9.18 Å². The standard InChI is InChI=1S/C18H21FN2O/c1-11-12(2)17(18(22)20-15-8-9-15)21(13(11)3)10-14-6-4-5-7-16(14)19/h4-7,15H,8-10H2,1-3H3,(H,20,22). The van der Waals surface area contributed by atoms with Crippen molar-refractivity contribution in [1.82, 2.24) is 9.88 Å². The second-order valence-electron chi connectivity index (χ2n) is 6.11. The van der Waals surface area contributed by atoms with Crippen LogP contribution in [0.2, 0.25) is 0 Å². The van der Waals surface area contributed by atoms with Gasteiger partial charge in [0.05, 0.1) is 6.54 Å². The Morgan fingerprint density at radius 3 is 2.55 bits per heavy atom. The molecule has 2 aromatic rings. The summed E-state index contributed by atoms with van der Waals surface area (Å²) in [7, 11) is 0. The van der Waals surface area contributed by atoms with Crippen molar-refractivity contribution in [3.63, 3.8) is 0 Å². The summed E-state index contributed by atoms with van der Waals surface area (Å²) < 4.78 is 15.9. The highest BCUT2D eigenvalue weighted by atomic mass is 19.1. The molecule has 3 nitrogen and oxygen atoms in total. The molecule has 1 heterocycles. The summed E-state index contributed by atoms with van der Waals surface area (Å²) in [5.41, 5.74) is 4.34. The Labute approximate surface area is 130 Å². The van der Waals surface area contributed by atoms with E-state index in [1.54, 1.807) is 12.1 Å². The molecule has 4 heteroatoms. The number of amides is 1. The fourth-order valence-electron chi connectivity index (χ4n) is 2.79. The van der Waals surface area contributed by atoms with E-state index in [-0.39, 0.29) is 11.7 Å². The number of halogens is 1. The molecule has 116 valence electrons. The number of carbonyl (C=O) groups excluding carboxylic acids is 1. The first kappa shape index (κ1) is 14.8. The maximum absolute atomic E-state index is 14.0. The quantitative estimate of drug-likeness (QED) is 0.921. The highest BCUT2D eigenvalue weighted by Gasteiger charge is 2.27. The van der Waals surface area contributed by atoms with Crippen LogP contribution in [0, 0.1) is 26.6 Å². The molecule has 1 amide bonds. The van der Waals surface area contributed by atoms with Gasteiger partial charge in [-0.1, -0.05) is 18.2 Å². The van der Waals surface area contributed by atoms with E-state index in [9.17, 15) is 9.18 Å². The van der Waals surface area contributed by atoms with Gasteiger partial charge in [0.1, 0.15) is 11.5 Å². The van der Waals surface area contributed by atoms with Crippen LogP contribution in [-0.2, 0) is 6.54 Å². The fourth-order valence-corrected chi connectivity index (χ4v) is 2.79. The lowest BCUT2D eigenvalue weighted by Gasteiger charge is -2.13. The summed E-state index contributed by atoms with van der Waals surface area (Å²) >= 11 is 0. The molecule has 1 aromatic heterocycles. The van der Waals surface area contributed by atoms with Gasteiger partial charge in [-0.3, -0.25) is 4.79 Å². The van der Waals surface area contributed by atoms with E-state index >= 15 is 0 Å². The van der Waals surface area contributed by atoms with Crippen molar-refractivity contribution in [3.8, 4) is 0 Å². The SMILES string of the molecule is Cc1c(C)c(C(=O)NC2CC2)n(Cc2ccccc2F)c1C. The lowest BCUT2D eigenvalue weighted by atomic mass is 10.1. The summed E-state index contributed by atoms with van der Waals surface area (Å²) in [6.07, 6.45) is 2.10. The van der Waals surface area contributed by atoms with Gasteiger partial charge in [-0.15, -0.1) is 0 Å². The van der Waals surface area contributed by atoms with Crippen LogP contribution in [0.15, 0.2) is 24.3 Å². The van der Waals surface area contributed by atoms with E-state index in [0.717, 1.165) is 29.7 Å². The van der Waals surface area contributed by atoms with Crippen molar-refractivity contribution >= 4 is 5.91 Å². The topological polar surface area (TPSA) is 34.0 Å². The number of benzene rings is 1. The molecular formula is C18H21FN2O. The molecule has 0 radical (unpaired) electrons. The van der Waals surface area contributed by atoms with Crippen molar-refractivity contribution in [1.29, 1.82) is 0 Å². The molecule has 0 unspecified atom stereocenters. The normalized spacial score (nSPS) is 14.2. The Balaban J connectivity index is 2.00. The molecule has 1 aliphatic rings. The van der Waals surface area contributed by atoms with Crippen LogP contribution in [0.25, 0.3) is 0 Å². The predicted molar refractivity (Wildman–Crippen MR) is 84.6 cm³/mol. The van der Waals surface area contributed by atoms with E-state index in [1.165, 1.54) is 6.07 Å². The summed E-state index contributed by atoms with van der Waals surface area (Å²) in [5, 5.41) is 3.04. The lowest BCUT2D eigenvalue weighted by Crippen LogP contribution is -2.28. The maximum atomic E-state index is 14.0. The number of carbonyl (C=O) groups is 1. The zero-order valence-electron chi connectivity index (χ0n) is 13.2. The van der Waals surface area contributed by atoms with Crippen LogP contribution in [0.3, 0.4) is 0 Å². The first-order valence-corrected chi connectivity index (χ1v) is 7.69. The van der Waals surface area contributed by atoms with E-state index in [4.69, 9.17) is 0 Å². The van der Waals surface area contributed by atoms with E-state index < -0.39 is 0 Å². The largest absolute Gasteiger partial charge is 0.348 e. The summed E-state index contributed by atoms with van der Waals surface area (Å²) in [4.78, 5) is 12.6. The fraction of sp³-hybridized carbons (Fsp3) is 0.389. The van der Waals surface area contributed by atoms with E-state index in [0.29, 0.717) is 23.8 Å². The van der Waals surface area contributed by atoms with Gasteiger partial charge in [-0.2, -0.15) is 0 Å². The zero-order chi connectivity index (χ0) is 15.9. The average Bonchev–Trinajstić information content (AvgIpc) is 3.27. The third-order valence-electron chi connectivity index (χ3n) is 4.55. The highest BCUT2D eigenvalue weighted by Crippen LogP contribution is 2.25. The van der Waals surface area contributed by atoms with E-state index in [1.807, 2.05) is 31.4 Å². The number of hydrogen-bond donors (Lipinski definition) is 1. The van der Waals surface area contributed by atoms with Crippen molar-refractivity contribution in [2.24, 2.45) is 0 Å². The molecule has 0 atom stereocenters. The Morgan fingerprint density at radius 2 is 1.91 bits per heavy atom. The van der Waals surface area contributed by atoms with Crippen molar-refractivity contribution in [3.05, 3.63) is 58.2 Å². The van der Waals surface area contributed by atoms with Gasteiger partial charge in [0, 0.05) is 17.3 Å². The molecule has 1 aliphatic carbocycles. The van der Waals surface area contributed by atoms with Crippen molar-refractivity contribution in [2.45, 2.75) is 46.2 Å². The average molecular weight is 300 g/mol. The molecule has 1 saturated carbocycles. The summed E-state index contributed by atoms with van der Waals surface area (Å²) in [6.45, 7) is 6.33. The van der Waals surface area contributed by atoms with Gasteiger partial charge in [-0.05, 0) is 50.8 Å². The van der Waals surface area contributed by atoms with Gasteiger partial charge in [0.25, 0.3) is 5.91 Å². The minimum atomic E-state index is -0.237. The number of nitrogens with one attached hydrogen (secondary N) is 1. The molecule has 0 aliphatic heterocycles. The van der Waals surface area contributed by atoms with Crippen LogP contribution >= 0.6 is 0 Å². The number of nitrogens with zero attached hydrogens (tertiary/aromatic N) is 1. The van der Waals surface area contributed by atoms with Gasteiger partial charge in [-0.25, -0.2) is 4.39 Å². The minimum Gasteiger partial charge on any atom is -0.348 e. The molecule has 1 aromatic carbocycles. The molecule has 22 heavy (non-hydrogen) atoms. The maximum Gasteiger partial charge on any atom is 0.268 e. The van der Waals surface area contributed by atoms with Crippen LogP contribution in [-0.4, -0.2) is 16.5 Å². The molecule has 0 saturated heterocycles. The summed E-state index contributed by atoms with van der Waals surface area (Å²) in [6, 6.07) is 7.03. The Hall–Kier alpha value is -2.10. The van der Waals surface area contributed by atoms with E-state index in [2.05, 4.69) is 5.32 Å². The third kappa shape index (κ3) is 2.65. The predicted octanol–water partition coefficient (Wildman–Crippen LogP) is 3.49. The molecule has 1 fully saturated rings. The van der Waals surface area contributed by atoms with Gasteiger partial charge in [0.2, 0.25) is 0 Å². The molecule has 0 spiro atoms. The Morgan fingerprint density at radius 1 is 1.23 bits per heavy atom. The number of aromatic nitrogens is 1. The first-order valence-electron chi connectivity index (χ1n) is 7.69. The Kier molecular flexibility index (Phi) is 3.77. The first-order chi connectivity index (χ1) is 10.5. The molecular weight excluding hydrogens is 279 g/mol. The van der Waals surface area contributed by atoms with Crippen LogP contribution in [0.1, 0.15) is 45.7 Å². The van der Waals surface area contributed by atoms with Gasteiger partial charge < -0.3 is 9.88 Å². The van der Waals surface area contributed by atoms with Crippen LogP contribution in [0.4, 0.5) is 4.39 Å². The Bertz CT molecular complexity index is 729.